The lowest BCUT2D eigenvalue weighted by molar-refractivity contribution is -0.155. The van der Waals surface area contributed by atoms with Gasteiger partial charge in [-0.25, -0.2) is 4.79 Å². The number of nitrogens with zero attached hydrogens (tertiary/aromatic N) is 1. The molecule has 5 heteroatoms. The van der Waals surface area contributed by atoms with Crippen LogP contribution in [0.4, 0.5) is 0 Å². The van der Waals surface area contributed by atoms with E-state index in [4.69, 9.17) is 5.73 Å². The van der Waals surface area contributed by atoms with E-state index >= 15 is 0 Å². The van der Waals surface area contributed by atoms with Crippen LogP contribution in [0, 0.1) is 5.92 Å². The Labute approximate surface area is 102 Å². The first-order chi connectivity index (χ1) is 7.99. The van der Waals surface area contributed by atoms with E-state index < -0.39 is 18.1 Å². The number of likely N-dealkylation sites (tertiary alicyclic amines) is 1. The highest BCUT2D eigenvalue weighted by molar-refractivity contribution is 5.87. The zero-order valence-corrected chi connectivity index (χ0v) is 10.6. The third-order valence-corrected chi connectivity index (χ3v) is 3.39. The second-order valence-electron chi connectivity index (χ2n) is 4.83. The molecule has 2 unspecified atom stereocenters. The lowest BCUT2D eigenvalue weighted by atomic mass is 9.90. The molecule has 1 rings (SSSR count). The van der Waals surface area contributed by atoms with Gasteiger partial charge < -0.3 is 15.7 Å². The third-order valence-electron chi connectivity index (χ3n) is 3.39. The van der Waals surface area contributed by atoms with Crippen molar-refractivity contribution in [1.29, 1.82) is 0 Å². The van der Waals surface area contributed by atoms with Gasteiger partial charge in [0.05, 0.1) is 6.04 Å². The number of carboxylic acids is 1. The maximum absolute atomic E-state index is 12.1. The number of aliphatic carboxylic acids is 1. The standard InChI is InChI=1S/C12H22N2O3/c1-3-5-9(13)11(15)14-7-4-6-8(2)10(14)12(16)17/h8-10H,3-7,13H2,1-2H3,(H,16,17)/t8?,9-,10?/m0/s1. The molecule has 0 spiro atoms. The minimum absolute atomic E-state index is 0.000901. The summed E-state index contributed by atoms with van der Waals surface area (Å²) in [4.78, 5) is 24.8. The molecule has 1 amide bonds. The second-order valence-corrected chi connectivity index (χ2v) is 4.83. The van der Waals surface area contributed by atoms with Crippen molar-refractivity contribution in [3.8, 4) is 0 Å². The highest BCUT2D eigenvalue weighted by Crippen LogP contribution is 2.24. The number of rotatable bonds is 4. The maximum Gasteiger partial charge on any atom is 0.326 e. The molecule has 0 aromatic carbocycles. The van der Waals surface area contributed by atoms with Gasteiger partial charge in [-0.3, -0.25) is 4.79 Å². The van der Waals surface area contributed by atoms with Crippen LogP contribution >= 0.6 is 0 Å². The lowest BCUT2D eigenvalue weighted by Crippen LogP contribution is -2.56. The summed E-state index contributed by atoms with van der Waals surface area (Å²) in [5.74, 6) is -1.14. The van der Waals surface area contributed by atoms with Crippen molar-refractivity contribution < 1.29 is 14.7 Å². The first kappa shape index (κ1) is 14.0. The van der Waals surface area contributed by atoms with E-state index in [1.54, 1.807) is 0 Å². The molecule has 1 aliphatic rings. The summed E-state index contributed by atoms with van der Waals surface area (Å²) in [5.41, 5.74) is 5.78. The number of hydrogen-bond acceptors (Lipinski definition) is 3. The zero-order valence-electron chi connectivity index (χ0n) is 10.6. The van der Waals surface area contributed by atoms with E-state index in [1.807, 2.05) is 13.8 Å². The molecule has 5 nitrogen and oxygen atoms in total. The average Bonchev–Trinajstić information content (AvgIpc) is 2.27. The van der Waals surface area contributed by atoms with Gasteiger partial charge in [0, 0.05) is 6.54 Å². The first-order valence-electron chi connectivity index (χ1n) is 6.27. The molecule has 0 saturated carbocycles. The Morgan fingerprint density at radius 1 is 1.53 bits per heavy atom. The van der Waals surface area contributed by atoms with Gasteiger partial charge in [-0.2, -0.15) is 0 Å². The molecule has 3 N–H and O–H groups in total. The van der Waals surface area contributed by atoms with Crippen LogP contribution in [-0.2, 0) is 9.59 Å². The molecule has 1 saturated heterocycles. The SMILES string of the molecule is CCC[C@H](N)C(=O)N1CCCC(C)C1C(=O)O. The average molecular weight is 242 g/mol. The molecule has 0 aliphatic carbocycles. The van der Waals surface area contributed by atoms with Crippen LogP contribution in [0.1, 0.15) is 39.5 Å². The Kier molecular flexibility index (Phi) is 4.93. The molecule has 1 aliphatic heterocycles. The van der Waals surface area contributed by atoms with Crippen LogP contribution in [0.2, 0.25) is 0 Å². The van der Waals surface area contributed by atoms with Gasteiger partial charge in [-0.15, -0.1) is 0 Å². The highest BCUT2D eigenvalue weighted by Gasteiger charge is 2.38. The fraction of sp³-hybridized carbons (Fsp3) is 0.833. The molecule has 0 aromatic heterocycles. The van der Waals surface area contributed by atoms with Gasteiger partial charge in [0.1, 0.15) is 6.04 Å². The molecule has 3 atom stereocenters. The molecule has 1 fully saturated rings. The Bertz CT molecular complexity index is 293. The van der Waals surface area contributed by atoms with Gasteiger partial charge in [-0.1, -0.05) is 20.3 Å². The quantitative estimate of drug-likeness (QED) is 0.764. The van der Waals surface area contributed by atoms with Crippen LogP contribution in [0.5, 0.6) is 0 Å². The van der Waals surface area contributed by atoms with Crippen LogP contribution in [0.3, 0.4) is 0 Å². The summed E-state index contributed by atoms with van der Waals surface area (Å²) < 4.78 is 0. The Morgan fingerprint density at radius 2 is 2.18 bits per heavy atom. The van der Waals surface area contributed by atoms with Crippen LogP contribution in [0.15, 0.2) is 0 Å². The number of carbonyl (C=O) groups excluding carboxylic acids is 1. The fourth-order valence-corrected chi connectivity index (χ4v) is 2.46. The van der Waals surface area contributed by atoms with E-state index in [2.05, 4.69) is 0 Å². The van der Waals surface area contributed by atoms with E-state index in [9.17, 15) is 14.7 Å². The van der Waals surface area contributed by atoms with Crippen molar-refractivity contribution in [2.75, 3.05) is 6.54 Å². The Balaban J connectivity index is 2.78. The summed E-state index contributed by atoms with van der Waals surface area (Å²) in [6.07, 6.45) is 3.14. The molecule has 17 heavy (non-hydrogen) atoms. The van der Waals surface area contributed by atoms with Gasteiger partial charge in [0.15, 0.2) is 0 Å². The minimum Gasteiger partial charge on any atom is -0.480 e. The Hall–Kier alpha value is -1.10. The van der Waals surface area contributed by atoms with Crippen LogP contribution in [-0.4, -0.2) is 40.5 Å². The topological polar surface area (TPSA) is 83.6 Å². The van der Waals surface area contributed by atoms with Gasteiger partial charge in [0.25, 0.3) is 0 Å². The van der Waals surface area contributed by atoms with E-state index in [1.165, 1.54) is 4.90 Å². The number of piperidine rings is 1. The maximum atomic E-state index is 12.1. The first-order valence-corrected chi connectivity index (χ1v) is 6.27. The largest absolute Gasteiger partial charge is 0.480 e. The van der Waals surface area contributed by atoms with Crippen LogP contribution < -0.4 is 5.73 Å². The smallest absolute Gasteiger partial charge is 0.326 e. The second kappa shape index (κ2) is 6.00. The zero-order chi connectivity index (χ0) is 13.0. The van der Waals surface area contributed by atoms with E-state index in [0.717, 1.165) is 19.3 Å². The molecule has 1 heterocycles. The summed E-state index contributed by atoms with van der Waals surface area (Å²) in [6, 6.07) is -1.27. The molecule has 0 radical (unpaired) electrons. The fourth-order valence-electron chi connectivity index (χ4n) is 2.46. The van der Waals surface area contributed by atoms with Crippen molar-refractivity contribution in [3.05, 3.63) is 0 Å². The summed E-state index contributed by atoms with van der Waals surface area (Å²) >= 11 is 0. The molecule has 0 bridgehead atoms. The predicted octanol–water partition coefficient (Wildman–Crippen LogP) is 0.825. The minimum atomic E-state index is -0.922. The van der Waals surface area contributed by atoms with Gasteiger partial charge >= 0.3 is 5.97 Å². The van der Waals surface area contributed by atoms with E-state index in [-0.39, 0.29) is 11.8 Å². The highest BCUT2D eigenvalue weighted by atomic mass is 16.4. The van der Waals surface area contributed by atoms with E-state index in [0.29, 0.717) is 13.0 Å². The predicted molar refractivity (Wildman–Crippen MR) is 64.4 cm³/mol. The lowest BCUT2D eigenvalue weighted by Gasteiger charge is -2.38. The van der Waals surface area contributed by atoms with Crippen molar-refractivity contribution in [2.24, 2.45) is 11.7 Å². The van der Waals surface area contributed by atoms with Gasteiger partial charge in [-0.05, 0) is 25.2 Å². The summed E-state index contributed by atoms with van der Waals surface area (Å²) in [5, 5.41) is 9.20. The number of carbonyl (C=O) groups is 2. The number of carboxylic acid groups (broad SMARTS) is 1. The third kappa shape index (κ3) is 3.19. The normalized spacial score (nSPS) is 26.6. The van der Waals surface area contributed by atoms with Crippen molar-refractivity contribution in [3.63, 3.8) is 0 Å². The molecular weight excluding hydrogens is 220 g/mol. The molecule has 0 aromatic rings. The molecular formula is C12H22N2O3. The summed E-state index contributed by atoms with van der Waals surface area (Å²) in [6.45, 7) is 4.35. The Morgan fingerprint density at radius 3 is 2.71 bits per heavy atom. The summed E-state index contributed by atoms with van der Waals surface area (Å²) in [7, 11) is 0. The number of hydrogen-bond donors (Lipinski definition) is 2. The van der Waals surface area contributed by atoms with Crippen molar-refractivity contribution in [1.82, 2.24) is 4.90 Å². The van der Waals surface area contributed by atoms with Crippen LogP contribution in [0.25, 0.3) is 0 Å². The van der Waals surface area contributed by atoms with Crippen molar-refractivity contribution in [2.45, 2.75) is 51.6 Å². The van der Waals surface area contributed by atoms with Gasteiger partial charge in [0.2, 0.25) is 5.91 Å². The number of amides is 1. The monoisotopic (exact) mass is 242 g/mol. The van der Waals surface area contributed by atoms with Crippen molar-refractivity contribution >= 4 is 11.9 Å². The number of nitrogens with two attached hydrogens (primary N) is 1. The molecule has 98 valence electrons.